The molecule has 1 heterocycles. The predicted octanol–water partition coefficient (Wildman–Crippen LogP) is 18.8. The van der Waals surface area contributed by atoms with E-state index in [1.165, 1.54) is 55.3 Å². The first kappa shape index (κ1) is 42.8. The zero-order valence-corrected chi connectivity index (χ0v) is 39.8. The molecule has 0 amide bonds. The second kappa shape index (κ2) is 16.4. The molecule has 10 rings (SSSR count). The highest BCUT2D eigenvalue weighted by molar-refractivity contribution is 6.13. The number of anilines is 3. The van der Waals surface area contributed by atoms with Gasteiger partial charge in [0.2, 0.25) is 0 Å². The molecule has 0 unspecified atom stereocenters. The van der Waals surface area contributed by atoms with Crippen molar-refractivity contribution >= 4 is 49.8 Å². The maximum Gasteiger partial charge on any atom is 0.136 e. The molecular formula is C64H59NO. The molecule has 0 N–H and O–H groups in total. The highest BCUT2D eigenvalue weighted by atomic mass is 16.3. The fraction of sp³-hybridized carbons (Fsp3) is 0.188. The van der Waals surface area contributed by atoms with Crippen LogP contribution in [0, 0.1) is 0 Å². The van der Waals surface area contributed by atoms with E-state index < -0.39 is 0 Å². The summed E-state index contributed by atoms with van der Waals surface area (Å²) in [4.78, 5) is 2.50. The monoisotopic (exact) mass is 857 g/mol. The molecule has 2 heteroatoms. The lowest BCUT2D eigenvalue weighted by Crippen LogP contribution is -2.16. The zero-order chi connectivity index (χ0) is 46.0. The van der Waals surface area contributed by atoms with Gasteiger partial charge >= 0.3 is 0 Å². The van der Waals surface area contributed by atoms with Crippen LogP contribution in [-0.2, 0) is 16.2 Å². The van der Waals surface area contributed by atoms with E-state index in [9.17, 15) is 0 Å². The average Bonchev–Trinajstić information content (AvgIpc) is 3.70. The van der Waals surface area contributed by atoms with Gasteiger partial charge < -0.3 is 9.32 Å². The highest BCUT2D eigenvalue weighted by Crippen LogP contribution is 2.49. The van der Waals surface area contributed by atoms with E-state index in [2.05, 4.69) is 255 Å². The summed E-state index contributed by atoms with van der Waals surface area (Å²) in [6.07, 6.45) is 0. The van der Waals surface area contributed by atoms with E-state index in [1.54, 1.807) is 0 Å². The molecule has 9 aromatic carbocycles. The molecule has 326 valence electrons. The molecule has 66 heavy (non-hydrogen) atoms. The fourth-order valence-electron chi connectivity index (χ4n) is 9.63. The number of rotatable bonds is 7. The molecule has 1 aromatic heterocycles. The fourth-order valence-corrected chi connectivity index (χ4v) is 9.63. The van der Waals surface area contributed by atoms with E-state index in [0.29, 0.717) is 0 Å². The Bertz CT molecular complexity index is 3380. The first-order valence-corrected chi connectivity index (χ1v) is 23.4. The molecule has 0 fully saturated rings. The van der Waals surface area contributed by atoms with Crippen LogP contribution in [-0.4, -0.2) is 0 Å². The lowest BCUT2D eigenvalue weighted by molar-refractivity contribution is 0.569. The maximum atomic E-state index is 6.41. The van der Waals surface area contributed by atoms with Gasteiger partial charge in [-0.3, -0.25) is 0 Å². The van der Waals surface area contributed by atoms with Crippen LogP contribution in [0.1, 0.15) is 79.0 Å². The van der Waals surface area contributed by atoms with E-state index in [1.807, 2.05) is 6.07 Å². The molecule has 10 aromatic rings. The Hall–Kier alpha value is -7.16. The van der Waals surface area contributed by atoms with E-state index in [0.717, 1.165) is 55.7 Å². The third kappa shape index (κ3) is 7.89. The Labute approximate surface area is 391 Å². The van der Waals surface area contributed by atoms with Crippen molar-refractivity contribution in [2.45, 2.75) is 78.6 Å². The van der Waals surface area contributed by atoms with Crippen molar-refractivity contribution in [2.24, 2.45) is 0 Å². The van der Waals surface area contributed by atoms with Crippen LogP contribution in [0.2, 0.25) is 0 Å². The summed E-state index contributed by atoms with van der Waals surface area (Å²) in [5.74, 6) is 0. The van der Waals surface area contributed by atoms with Crippen LogP contribution in [0.5, 0.6) is 0 Å². The van der Waals surface area contributed by atoms with Crippen molar-refractivity contribution in [1.29, 1.82) is 0 Å². The predicted molar refractivity (Wildman–Crippen MR) is 284 cm³/mol. The van der Waals surface area contributed by atoms with Crippen LogP contribution < -0.4 is 4.90 Å². The second-order valence-electron chi connectivity index (χ2n) is 21.0. The molecule has 0 aliphatic heterocycles. The molecule has 0 aliphatic carbocycles. The van der Waals surface area contributed by atoms with Crippen molar-refractivity contribution in [3.8, 4) is 44.5 Å². The molecule has 0 aliphatic rings. The quantitative estimate of drug-likeness (QED) is 0.159. The molecule has 0 saturated heterocycles. The van der Waals surface area contributed by atoms with Crippen molar-refractivity contribution in [2.75, 3.05) is 4.90 Å². The summed E-state index contributed by atoms with van der Waals surface area (Å²) in [7, 11) is 0. The smallest absolute Gasteiger partial charge is 0.136 e. The van der Waals surface area contributed by atoms with Gasteiger partial charge in [-0.05, 0) is 120 Å². The van der Waals surface area contributed by atoms with Gasteiger partial charge in [-0.1, -0.05) is 214 Å². The van der Waals surface area contributed by atoms with Crippen molar-refractivity contribution in [3.05, 3.63) is 211 Å². The number of fused-ring (bicyclic) bond motifs is 4. The minimum absolute atomic E-state index is 0.0136. The van der Waals surface area contributed by atoms with Gasteiger partial charge in [0.05, 0.1) is 11.4 Å². The molecular weight excluding hydrogens is 799 g/mol. The molecule has 0 atom stereocenters. The standard InChI is InChI=1S/C64H59NO/c1-62(2,3)46-35-36-57(55(41-46)42-21-11-10-12-22-42)65(49-26-17-25-44(39-49)50-30-20-34-59-61(50)54-28-14-16-33-58(54)66-59)56-32-15-13-27-52(56)53-31-19-24-43-23-18-29-51(60(43)53)45-37-47(63(4,5)6)40-48(38-45)64(7,8)9/h10-41H,1-9H3. The molecule has 2 nitrogen and oxygen atoms in total. The number of hydrogen-bond donors (Lipinski definition) is 0. The average molecular weight is 858 g/mol. The number of hydrogen-bond acceptors (Lipinski definition) is 2. The summed E-state index contributed by atoms with van der Waals surface area (Å²) in [6.45, 7) is 20.8. The van der Waals surface area contributed by atoms with Gasteiger partial charge in [0.25, 0.3) is 0 Å². The summed E-state index contributed by atoms with van der Waals surface area (Å²) >= 11 is 0. The van der Waals surface area contributed by atoms with E-state index in [-0.39, 0.29) is 16.2 Å². The van der Waals surface area contributed by atoms with Crippen molar-refractivity contribution in [1.82, 2.24) is 0 Å². The SMILES string of the molecule is CC(C)(C)c1cc(-c2cccc3cccc(-c4ccccc4N(c4cccc(-c5cccc6oc7ccccc7c56)c4)c4ccc(C(C)(C)C)cc4-c4ccccc4)c23)cc(C(C)(C)C)c1. The Kier molecular flexibility index (Phi) is 10.6. The summed E-state index contributed by atoms with van der Waals surface area (Å²) < 4.78 is 6.41. The van der Waals surface area contributed by atoms with Crippen LogP contribution in [0.15, 0.2) is 199 Å². The maximum absolute atomic E-state index is 6.41. The number of nitrogens with zero attached hydrogens (tertiary/aromatic N) is 1. The van der Waals surface area contributed by atoms with E-state index >= 15 is 0 Å². The minimum Gasteiger partial charge on any atom is -0.456 e. The third-order valence-electron chi connectivity index (χ3n) is 13.3. The van der Waals surface area contributed by atoms with Gasteiger partial charge in [0, 0.05) is 27.6 Å². The van der Waals surface area contributed by atoms with E-state index in [4.69, 9.17) is 4.42 Å². The van der Waals surface area contributed by atoms with Crippen molar-refractivity contribution < 1.29 is 4.42 Å². The Morgan fingerprint density at radius 3 is 1.59 bits per heavy atom. The first-order valence-electron chi connectivity index (χ1n) is 23.4. The number of para-hydroxylation sites is 2. The summed E-state index contributed by atoms with van der Waals surface area (Å²) in [5.41, 5.74) is 18.4. The normalized spacial score (nSPS) is 12.3. The topological polar surface area (TPSA) is 16.4 Å². The summed E-state index contributed by atoms with van der Waals surface area (Å²) in [5, 5.41) is 4.71. The Morgan fingerprint density at radius 1 is 0.333 bits per heavy atom. The molecule has 0 saturated carbocycles. The Morgan fingerprint density at radius 2 is 0.879 bits per heavy atom. The van der Waals surface area contributed by atoms with Gasteiger partial charge in [0.15, 0.2) is 0 Å². The zero-order valence-electron chi connectivity index (χ0n) is 39.8. The van der Waals surface area contributed by atoms with Gasteiger partial charge in [0.1, 0.15) is 11.2 Å². The van der Waals surface area contributed by atoms with Crippen LogP contribution >= 0.6 is 0 Å². The molecule has 0 radical (unpaired) electrons. The number of benzene rings is 9. The van der Waals surface area contributed by atoms with Crippen LogP contribution in [0.25, 0.3) is 77.2 Å². The number of furan rings is 1. The van der Waals surface area contributed by atoms with Gasteiger partial charge in [-0.25, -0.2) is 0 Å². The molecule has 0 spiro atoms. The second-order valence-corrected chi connectivity index (χ2v) is 21.0. The van der Waals surface area contributed by atoms with Gasteiger partial charge in [-0.2, -0.15) is 0 Å². The van der Waals surface area contributed by atoms with Gasteiger partial charge in [-0.15, -0.1) is 0 Å². The minimum atomic E-state index is -0.0483. The first-order chi connectivity index (χ1) is 31.6. The third-order valence-corrected chi connectivity index (χ3v) is 13.3. The van der Waals surface area contributed by atoms with Crippen molar-refractivity contribution in [3.63, 3.8) is 0 Å². The molecule has 0 bridgehead atoms. The summed E-state index contributed by atoms with van der Waals surface area (Å²) in [6, 6.07) is 71.7. The lowest BCUT2D eigenvalue weighted by atomic mass is 9.78. The van der Waals surface area contributed by atoms with Crippen LogP contribution in [0.3, 0.4) is 0 Å². The lowest BCUT2D eigenvalue weighted by Gasteiger charge is -2.32. The highest BCUT2D eigenvalue weighted by Gasteiger charge is 2.26. The van der Waals surface area contributed by atoms with Crippen LogP contribution in [0.4, 0.5) is 17.1 Å². The Balaban J connectivity index is 1.26. The largest absolute Gasteiger partial charge is 0.456 e.